The molecule has 0 radical (unpaired) electrons. The van der Waals surface area contributed by atoms with E-state index in [4.69, 9.17) is 0 Å². The van der Waals surface area contributed by atoms with Crippen LogP contribution in [0.1, 0.15) is 35.0 Å². The Hall–Kier alpha value is -0.630. The molecule has 0 aromatic carbocycles. The lowest BCUT2D eigenvalue weighted by Gasteiger charge is -1.94. The van der Waals surface area contributed by atoms with Crippen molar-refractivity contribution in [2.45, 2.75) is 26.2 Å². The molecule has 0 amide bonds. The minimum absolute atomic E-state index is 0.878. The summed E-state index contributed by atoms with van der Waals surface area (Å²) in [5, 5.41) is 1.98. The molecule has 0 aliphatic carbocycles. The quantitative estimate of drug-likeness (QED) is 0.632. The maximum Gasteiger partial charge on any atom is 0.151 e. The van der Waals surface area contributed by atoms with E-state index in [0.717, 1.165) is 18.3 Å². The van der Waals surface area contributed by atoms with Crippen LogP contribution in [-0.4, -0.2) is 6.29 Å². The maximum atomic E-state index is 10.5. The molecule has 1 aromatic rings. The molecular formula is C9H12OS. The minimum Gasteiger partial charge on any atom is -0.298 e. The van der Waals surface area contributed by atoms with Gasteiger partial charge in [-0.1, -0.05) is 13.3 Å². The highest BCUT2D eigenvalue weighted by Crippen LogP contribution is 2.17. The molecule has 1 nitrogen and oxygen atoms in total. The zero-order valence-corrected chi connectivity index (χ0v) is 7.49. The first kappa shape index (κ1) is 8.47. The summed E-state index contributed by atoms with van der Waals surface area (Å²) in [6.45, 7) is 2.16. The van der Waals surface area contributed by atoms with E-state index in [1.165, 1.54) is 17.7 Å². The second-order valence-corrected chi connectivity index (χ2v) is 3.52. The third-order valence-corrected chi connectivity index (χ3v) is 2.66. The molecule has 1 heterocycles. The lowest BCUT2D eigenvalue weighted by molar-refractivity contribution is 0.112. The fraction of sp³-hybridized carbons (Fsp3) is 0.444. The van der Waals surface area contributed by atoms with E-state index in [1.807, 2.05) is 11.4 Å². The van der Waals surface area contributed by atoms with Gasteiger partial charge in [0.2, 0.25) is 0 Å². The van der Waals surface area contributed by atoms with Crippen molar-refractivity contribution in [1.82, 2.24) is 0 Å². The van der Waals surface area contributed by atoms with Crippen molar-refractivity contribution in [3.8, 4) is 0 Å². The molecule has 0 aliphatic rings. The average molecular weight is 168 g/mol. The number of rotatable bonds is 4. The predicted molar refractivity (Wildman–Crippen MR) is 48.3 cm³/mol. The molecule has 0 aliphatic heterocycles. The highest BCUT2D eigenvalue weighted by molar-refractivity contribution is 7.10. The smallest absolute Gasteiger partial charge is 0.151 e. The Morgan fingerprint density at radius 1 is 1.64 bits per heavy atom. The third kappa shape index (κ3) is 2.15. The Morgan fingerprint density at radius 3 is 3.09 bits per heavy atom. The molecular weight excluding hydrogens is 156 g/mol. The number of aldehydes is 1. The minimum atomic E-state index is 0.878. The monoisotopic (exact) mass is 168 g/mol. The standard InChI is InChI=1S/C9H12OS/c1-2-3-4-9-8(7-10)5-6-11-9/h5-7H,2-4H2,1H3. The van der Waals surface area contributed by atoms with Crippen LogP contribution in [-0.2, 0) is 6.42 Å². The summed E-state index contributed by atoms with van der Waals surface area (Å²) >= 11 is 1.68. The van der Waals surface area contributed by atoms with Crippen molar-refractivity contribution in [1.29, 1.82) is 0 Å². The summed E-state index contributed by atoms with van der Waals surface area (Å²) < 4.78 is 0. The second kappa shape index (κ2) is 4.29. The van der Waals surface area contributed by atoms with Gasteiger partial charge in [0, 0.05) is 10.4 Å². The molecule has 0 saturated heterocycles. The first-order chi connectivity index (χ1) is 5.38. The molecule has 0 bridgehead atoms. The summed E-state index contributed by atoms with van der Waals surface area (Å²) in [5.41, 5.74) is 0.878. The van der Waals surface area contributed by atoms with E-state index in [0.29, 0.717) is 0 Å². The van der Waals surface area contributed by atoms with Gasteiger partial charge in [0.25, 0.3) is 0 Å². The van der Waals surface area contributed by atoms with Gasteiger partial charge in [-0.05, 0) is 24.3 Å². The van der Waals surface area contributed by atoms with E-state index in [-0.39, 0.29) is 0 Å². The largest absolute Gasteiger partial charge is 0.298 e. The number of hydrogen-bond donors (Lipinski definition) is 0. The highest BCUT2D eigenvalue weighted by Gasteiger charge is 2.00. The van der Waals surface area contributed by atoms with Crippen LogP contribution in [0, 0.1) is 0 Å². The summed E-state index contributed by atoms with van der Waals surface area (Å²) in [4.78, 5) is 11.7. The molecule has 0 spiro atoms. The van der Waals surface area contributed by atoms with E-state index in [2.05, 4.69) is 6.92 Å². The van der Waals surface area contributed by atoms with Crippen LogP contribution in [0.2, 0.25) is 0 Å². The SMILES string of the molecule is CCCCc1sccc1C=O. The highest BCUT2D eigenvalue weighted by atomic mass is 32.1. The van der Waals surface area contributed by atoms with Gasteiger partial charge >= 0.3 is 0 Å². The van der Waals surface area contributed by atoms with E-state index < -0.39 is 0 Å². The number of carbonyl (C=O) groups is 1. The van der Waals surface area contributed by atoms with Crippen LogP contribution in [0.25, 0.3) is 0 Å². The molecule has 60 valence electrons. The van der Waals surface area contributed by atoms with Crippen molar-refractivity contribution in [3.05, 3.63) is 21.9 Å². The second-order valence-electron chi connectivity index (χ2n) is 2.52. The van der Waals surface area contributed by atoms with Crippen LogP contribution >= 0.6 is 11.3 Å². The number of carbonyl (C=O) groups excluding carboxylic acids is 1. The summed E-state index contributed by atoms with van der Waals surface area (Å²) in [6.07, 6.45) is 4.38. The zero-order valence-electron chi connectivity index (χ0n) is 6.67. The number of aryl methyl sites for hydroxylation is 1. The van der Waals surface area contributed by atoms with Crippen LogP contribution in [0.5, 0.6) is 0 Å². The lowest BCUT2D eigenvalue weighted by atomic mass is 10.2. The van der Waals surface area contributed by atoms with Gasteiger partial charge in [-0.25, -0.2) is 0 Å². The topological polar surface area (TPSA) is 17.1 Å². The fourth-order valence-corrected chi connectivity index (χ4v) is 1.89. The van der Waals surface area contributed by atoms with Gasteiger partial charge in [-0.2, -0.15) is 0 Å². The van der Waals surface area contributed by atoms with Gasteiger partial charge in [0.1, 0.15) is 0 Å². The lowest BCUT2D eigenvalue weighted by Crippen LogP contribution is -1.85. The summed E-state index contributed by atoms with van der Waals surface area (Å²) in [5.74, 6) is 0. The van der Waals surface area contributed by atoms with Gasteiger partial charge in [-0.3, -0.25) is 4.79 Å². The van der Waals surface area contributed by atoms with E-state index in [1.54, 1.807) is 11.3 Å². The zero-order chi connectivity index (χ0) is 8.10. The molecule has 0 atom stereocenters. The Bertz CT molecular complexity index is 227. The number of hydrogen-bond acceptors (Lipinski definition) is 2. The van der Waals surface area contributed by atoms with E-state index >= 15 is 0 Å². The Balaban J connectivity index is 2.61. The van der Waals surface area contributed by atoms with E-state index in [9.17, 15) is 4.79 Å². The van der Waals surface area contributed by atoms with Crippen molar-refractivity contribution in [2.75, 3.05) is 0 Å². The van der Waals surface area contributed by atoms with Gasteiger partial charge in [-0.15, -0.1) is 11.3 Å². The molecule has 11 heavy (non-hydrogen) atoms. The fourth-order valence-electron chi connectivity index (χ4n) is 0.996. The Morgan fingerprint density at radius 2 is 2.45 bits per heavy atom. The van der Waals surface area contributed by atoms with Crippen LogP contribution in [0.4, 0.5) is 0 Å². The van der Waals surface area contributed by atoms with Crippen LogP contribution in [0.3, 0.4) is 0 Å². The first-order valence-electron chi connectivity index (χ1n) is 3.90. The van der Waals surface area contributed by atoms with Crippen molar-refractivity contribution >= 4 is 17.6 Å². The first-order valence-corrected chi connectivity index (χ1v) is 4.78. The Labute approximate surface area is 71.1 Å². The van der Waals surface area contributed by atoms with Crippen LogP contribution in [0.15, 0.2) is 11.4 Å². The van der Waals surface area contributed by atoms with Gasteiger partial charge < -0.3 is 0 Å². The normalized spacial score (nSPS) is 9.91. The maximum absolute atomic E-state index is 10.5. The molecule has 1 rings (SSSR count). The van der Waals surface area contributed by atoms with Crippen molar-refractivity contribution in [2.24, 2.45) is 0 Å². The molecule has 0 fully saturated rings. The molecule has 0 saturated carbocycles. The molecule has 1 aromatic heterocycles. The molecule has 2 heteroatoms. The van der Waals surface area contributed by atoms with Crippen molar-refractivity contribution in [3.63, 3.8) is 0 Å². The third-order valence-electron chi connectivity index (χ3n) is 1.66. The van der Waals surface area contributed by atoms with Crippen LogP contribution < -0.4 is 0 Å². The number of unbranched alkanes of at least 4 members (excludes halogenated alkanes) is 1. The predicted octanol–water partition coefficient (Wildman–Crippen LogP) is 2.90. The molecule has 0 N–H and O–H groups in total. The van der Waals surface area contributed by atoms with Gasteiger partial charge in [0.05, 0.1) is 0 Å². The Kier molecular flexibility index (Phi) is 3.30. The average Bonchev–Trinajstić information content (AvgIpc) is 2.47. The van der Waals surface area contributed by atoms with Crippen molar-refractivity contribution < 1.29 is 4.79 Å². The summed E-state index contributed by atoms with van der Waals surface area (Å²) in [7, 11) is 0. The summed E-state index contributed by atoms with van der Waals surface area (Å²) in [6, 6.07) is 1.89. The van der Waals surface area contributed by atoms with Gasteiger partial charge in [0.15, 0.2) is 6.29 Å². The number of thiophene rings is 1. The molecule has 0 unspecified atom stereocenters.